The number of halogens is 1. The van der Waals surface area contributed by atoms with Crippen LogP contribution in [0.5, 0.6) is 0 Å². The van der Waals surface area contributed by atoms with Gasteiger partial charge in [0.1, 0.15) is 0 Å². The molecule has 0 saturated carbocycles. The largest absolute Gasteiger partial charge is 0.341 e. The van der Waals surface area contributed by atoms with E-state index in [1.807, 2.05) is 17.0 Å². The van der Waals surface area contributed by atoms with Crippen LogP contribution in [0.15, 0.2) is 24.3 Å². The molecule has 1 saturated heterocycles. The van der Waals surface area contributed by atoms with Crippen LogP contribution in [0, 0.1) is 0 Å². The first-order chi connectivity index (χ1) is 7.65. The number of carbonyl (C=O) groups excluding carboxylic acids is 1. The zero-order chi connectivity index (χ0) is 11.5. The summed E-state index contributed by atoms with van der Waals surface area (Å²) in [7, 11) is 0. The SMILES string of the molecule is NC1CCN(C(=O)Cc2ccc(Cl)cc2)C1. The number of nitrogens with two attached hydrogens (primary N) is 1. The lowest BCUT2D eigenvalue weighted by molar-refractivity contribution is -0.129. The Bertz CT molecular complexity index is 377. The van der Waals surface area contributed by atoms with Crippen molar-refractivity contribution < 1.29 is 4.79 Å². The van der Waals surface area contributed by atoms with Crippen molar-refractivity contribution in [3.05, 3.63) is 34.9 Å². The number of hydrogen-bond acceptors (Lipinski definition) is 2. The van der Waals surface area contributed by atoms with Crippen LogP contribution in [-0.2, 0) is 11.2 Å². The second-order valence-electron chi connectivity index (χ2n) is 4.19. The molecule has 86 valence electrons. The van der Waals surface area contributed by atoms with Crippen molar-refractivity contribution in [2.75, 3.05) is 13.1 Å². The second kappa shape index (κ2) is 4.85. The lowest BCUT2D eigenvalue weighted by atomic mass is 10.1. The predicted molar refractivity (Wildman–Crippen MR) is 64.3 cm³/mol. The molecule has 0 radical (unpaired) electrons. The molecule has 1 fully saturated rings. The quantitative estimate of drug-likeness (QED) is 0.848. The Kier molecular flexibility index (Phi) is 3.46. The zero-order valence-corrected chi connectivity index (χ0v) is 9.78. The summed E-state index contributed by atoms with van der Waals surface area (Å²) >= 11 is 5.78. The van der Waals surface area contributed by atoms with Crippen molar-refractivity contribution in [2.24, 2.45) is 5.73 Å². The van der Waals surface area contributed by atoms with Crippen LogP contribution in [0.4, 0.5) is 0 Å². The number of likely N-dealkylation sites (tertiary alicyclic amines) is 1. The lowest BCUT2D eigenvalue weighted by Gasteiger charge is -2.15. The summed E-state index contributed by atoms with van der Waals surface area (Å²) in [4.78, 5) is 13.7. The first kappa shape index (κ1) is 11.4. The van der Waals surface area contributed by atoms with Crippen LogP contribution >= 0.6 is 11.6 Å². The van der Waals surface area contributed by atoms with E-state index in [1.54, 1.807) is 12.1 Å². The molecule has 1 atom stereocenters. The van der Waals surface area contributed by atoms with Crippen molar-refractivity contribution in [1.29, 1.82) is 0 Å². The molecule has 1 aromatic rings. The molecular weight excluding hydrogens is 224 g/mol. The standard InChI is InChI=1S/C12H15ClN2O/c13-10-3-1-9(2-4-10)7-12(16)15-6-5-11(14)8-15/h1-4,11H,5-8,14H2. The Labute approximate surface area is 100 Å². The van der Waals surface area contributed by atoms with Gasteiger partial charge in [0.25, 0.3) is 0 Å². The van der Waals surface area contributed by atoms with Crippen LogP contribution in [0.1, 0.15) is 12.0 Å². The van der Waals surface area contributed by atoms with Crippen molar-refractivity contribution in [3.63, 3.8) is 0 Å². The summed E-state index contributed by atoms with van der Waals surface area (Å²) in [6, 6.07) is 7.53. The fraction of sp³-hybridized carbons (Fsp3) is 0.417. The smallest absolute Gasteiger partial charge is 0.227 e. The minimum absolute atomic E-state index is 0.147. The molecule has 1 aliphatic heterocycles. The van der Waals surface area contributed by atoms with E-state index >= 15 is 0 Å². The lowest BCUT2D eigenvalue weighted by Crippen LogP contribution is -2.32. The van der Waals surface area contributed by atoms with Crippen LogP contribution in [-0.4, -0.2) is 29.9 Å². The van der Waals surface area contributed by atoms with Crippen LogP contribution < -0.4 is 5.73 Å². The monoisotopic (exact) mass is 238 g/mol. The van der Waals surface area contributed by atoms with E-state index in [9.17, 15) is 4.79 Å². The van der Waals surface area contributed by atoms with Gasteiger partial charge in [0.15, 0.2) is 0 Å². The number of carbonyl (C=O) groups is 1. The van der Waals surface area contributed by atoms with Crippen LogP contribution in [0.2, 0.25) is 5.02 Å². The highest BCUT2D eigenvalue weighted by Gasteiger charge is 2.23. The van der Waals surface area contributed by atoms with Gasteiger partial charge in [-0.25, -0.2) is 0 Å². The van der Waals surface area contributed by atoms with Crippen molar-refractivity contribution >= 4 is 17.5 Å². The van der Waals surface area contributed by atoms with Gasteiger partial charge in [-0.2, -0.15) is 0 Å². The van der Waals surface area contributed by atoms with E-state index < -0.39 is 0 Å². The summed E-state index contributed by atoms with van der Waals surface area (Å²) in [6.45, 7) is 1.47. The van der Waals surface area contributed by atoms with Crippen LogP contribution in [0.25, 0.3) is 0 Å². The van der Waals surface area contributed by atoms with Gasteiger partial charge in [0.05, 0.1) is 6.42 Å². The third-order valence-corrected chi connectivity index (χ3v) is 3.10. The highest BCUT2D eigenvalue weighted by molar-refractivity contribution is 6.30. The average Bonchev–Trinajstić information content (AvgIpc) is 2.68. The van der Waals surface area contributed by atoms with E-state index in [-0.39, 0.29) is 11.9 Å². The van der Waals surface area contributed by atoms with Gasteiger partial charge >= 0.3 is 0 Å². The average molecular weight is 239 g/mol. The molecule has 0 aromatic heterocycles. The van der Waals surface area contributed by atoms with E-state index in [0.29, 0.717) is 18.0 Å². The van der Waals surface area contributed by atoms with Gasteiger partial charge in [0.2, 0.25) is 5.91 Å². The third kappa shape index (κ3) is 2.74. The topological polar surface area (TPSA) is 46.3 Å². The molecule has 1 unspecified atom stereocenters. The van der Waals surface area contributed by atoms with Gasteiger partial charge in [-0.05, 0) is 24.1 Å². The Balaban J connectivity index is 1.94. The number of hydrogen-bond donors (Lipinski definition) is 1. The number of rotatable bonds is 2. The molecular formula is C12H15ClN2O. The Morgan fingerprint density at radius 1 is 1.44 bits per heavy atom. The number of amides is 1. The van der Waals surface area contributed by atoms with E-state index in [4.69, 9.17) is 17.3 Å². The first-order valence-corrected chi connectivity index (χ1v) is 5.81. The minimum atomic E-state index is 0.147. The second-order valence-corrected chi connectivity index (χ2v) is 4.63. The molecule has 1 aliphatic rings. The molecule has 0 bridgehead atoms. The summed E-state index contributed by atoms with van der Waals surface area (Å²) < 4.78 is 0. The molecule has 2 rings (SSSR count). The van der Waals surface area contributed by atoms with E-state index in [1.165, 1.54) is 0 Å². The van der Waals surface area contributed by atoms with Gasteiger partial charge in [-0.1, -0.05) is 23.7 Å². The molecule has 3 nitrogen and oxygen atoms in total. The maximum atomic E-state index is 11.9. The molecule has 1 heterocycles. The maximum Gasteiger partial charge on any atom is 0.227 e. The fourth-order valence-corrected chi connectivity index (χ4v) is 2.03. The third-order valence-electron chi connectivity index (χ3n) is 2.85. The van der Waals surface area contributed by atoms with Gasteiger partial charge in [-0.3, -0.25) is 4.79 Å². The summed E-state index contributed by atoms with van der Waals surface area (Å²) in [5.74, 6) is 0.148. The molecule has 16 heavy (non-hydrogen) atoms. The fourth-order valence-electron chi connectivity index (χ4n) is 1.90. The van der Waals surface area contributed by atoms with Crippen molar-refractivity contribution in [2.45, 2.75) is 18.9 Å². The zero-order valence-electron chi connectivity index (χ0n) is 9.03. The van der Waals surface area contributed by atoms with Crippen LogP contribution in [0.3, 0.4) is 0 Å². The van der Waals surface area contributed by atoms with Crippen molar-refractivity contribution in [3.8, 4) is 0 Å². The Morgan fingerprint density at radius 2 is 2.12 bits per heavy atom. The maximum absolute atomic E-state index is 11.9. The minimum Gasteiger partial charge on any atom is -0.341 e. The highest BCUT2D eigenvalue weighted by Crippen LogP contribution is 2.13. The molecule has 1 aromatic carbocycles. The number of nitrogens with zero attached hydrogens (tertiary/aromatic N) is 1. The molecule has 2 N–H and O–H groups in total. The highest BCUT2D eigenvalue weighted by atomic mass is 35.5. The van der Waals surface area contributed by atoms with Gasteiger partial charge in [0, 0.05) is 24.2 Å². The summed E-state index contributed by atoms with van der Waals surface area (Å²) in [5, 5.41) is 0.694. The van der Waals surface area contributed by atoms with Gasteiger partial charge in [-0.15, -0.1) is 0 Å². The molecule has 4 heteroatoms. The molecule has 0 aliphatic carbocycles. The molecule has 1 amide bonds. The summed E-state index contributed by atoms with van der Waals surface area (Å²) in [5.41, 5.74) is 6.76. The summed E-state index contributed by atoms with van der Waals surface area (Å²) in [6.07, 6.45) is 1.34. The predicted octanol–water partition coefficient (Wildman–Crippen LogP) is 1.44. The Hall–Kier alpha value is -1.06. The Morgan fingerprint density at radius 3 is 2.69 bits per heavy atom. The van der Waals surface area contributed by atoms with Gasteiger partial charge < -0.3 is 10.6 Å². The normalized spacial score (nSPS) is 20.1. The van der Waals surface area contributed by atoms with E-state index in [2.05, 4.69) is 0 Å². The first-order valence-electron chi connectivity index (χ1n) is 5.43. The number of benzene rings is 1. The molecule has 0 spiro atoms. The van der Waals surface area contributed by atoms with E-state index in [0.717, 1.165) is 18.5 Å². The van der Waals surface area contributed by atoms with Crippen molar-refractivity contribution in [1.82, 2.24) is 4.90 Å².